The molecule has 3 heterocycles. The molecule has 0 atom stereocenters. The summed E-state index contributed by atoms with van der Waals surface area (Å²) in [5.41, 5.74) is 3.11. The summed E-state index contributed by atoms with van der Waals surface area (Å²) in [7, 11) is 0. The van der Waals surface area contributed by atoms with Gasteiger partial charge in [0.1, 0.15) is 0 Å². The minimum atomic E-state index is 0.555. The van der Waals surface area contributed by atoms with E-state index in [-0.39, 0.29) is 0 Å². The number of hydrogen-bond acceptors (Lipinski definition) is 6. The first-order chi connectivity index (χ1) is 12.8. The summed E-state index contributed by atoms with van der Waals surface area (Å²) < 4.78 is 5.83. The SMILES string of the molecule is Cc1ncccc1-c1nnc(CCN2CCN(c3ccccc3)CC2)o1. The van der Waals surface area contributed by atoms with Gasteiger partial charge in [0.15, 0.2) is 0 Å². The van der Waals surface area contributed by atoms with Gasteiger partial charge < -0.3 is 9.32 Å². The van der Waals surface area contributed by atoms with Gasteiger partial charge in [-0.25, -0.2) is 0 Å². The lowest BCUT2D eigenvalue weighted by molar-refractivity contribution is 0.254. The molecule has 1 aliphatic rings. The average molecular weight is 349 g/mol. The Balaban J connectivity index is 1.30. The number of hydrogen-bond donors (Lipinski definition) is 0. The molecule has 0 amide bonds. The smallest absolute Gasteiger partial charge is 0.249 e. The molecule has 0 N–H and O–H groups in total. The lowest BCUT2D eigenvalue weighted by atomic mass is 10.2. The Kier molecular flexibility index (Phi) is 4.93. The minimum Gasteiger partial charge on any atom is -0.421 e. The van der Waals surface area contributed by atoms with Crippen LogP contribution in [0.5, 0.6) is 0 Å². The fraction of sp³-hybridized carbons (Fsp3) is 0.350. The van der Waals surface area contributed by atoms with Crippen molar-refractivity contribution in [2.45, 2.75) is 13.3 Å². The lowest BCUT2D eigenvalue weighted by Gasteiger charge is -2.35. The van der Waals surface area contributed by atoms with Gasteiger partial charge in [0.25, 0.3) is 0 Å². The van der Waals surface area contributed by atoms with Crippen LogP contribution < -0.4 is 4.90 Å². The highest BCUT2D eigenvalue weighted by Gasteiger charge is 2.18. The number of benzene rings is 1. The number of aryl methyl sites for hydroxylation is 1. The molecule has 0 spiro atoms. The standard InChI is InChI=1S/C20H23N5O/c1-16-18(8-5-10-21-16)20-23-22-19(26-20)9-11-24-12-14-25(15-13-24)17-6-3-2-4-7-17/h2-8,10H,9,11-15H2,1H3. The molecule has 0 saturated carbocycles. The molecule has 26 heavy (non-hydrogen) atoms. The number of piperazine rings is 1. The predicted octanol–water partition coefficient (Wildman–Crippen LogP) is 2.80. The third-order valence-electron chi connectivity index (χ3n) is 4.84. The molecule has 1 aliphatic heterocycles. The molecule has 3 aromatic rings. The van der Waals surface area contributed by atoms with E-state index in [0.29, 0.717) is 11.8 Å². The van der Waals surface area contributed by atoms with Gasteiger partial charge in [0, 0.05) is 56.7 Å². The first-order valence-corrected chi connectivity index (χ1v) is 9.06. The van der Waals surface area contributed by atoms with E-state index in [9.17, 15) is 0 Å². The molecule has 6 heteroatoms. The van der Waals surface area contributed by atoms with Gasteiger partial charge in [-0.1, -0.05) is 18.2 Å². The summed E-state index contributed by atoms with van der Waals surface area (Å²) in [5, 5.41) is 8.38. The van der Waals surface area contributed by atoms with Crippen molar-refractivity contribution in [2.24, 2.45) is 0 Å². The summed E-state index contributed by atoms with van der Waals surface area (Å²) in [4.78, 5) is 9.17. The van der Waals surface area contributed by atoms with E-state index in [4.69, 9.17) is 4.42 Å². The van der Waals surface area contributed by atoms with Crippen LogP contribution in [0.3, 0.4) is 0 Å². The van der Waals surface area contributed by atoms with Crippen LogP contribution in [0.15, 0.2) is 53.1 Å². The minimum absolute atomic E-state index is 0.555. The van der Waals surface area contributed by atoms with E-state index in [1.807, 2.05) is 19.1 Å². The molecule has 0 radical (unpaired) electrons. The Labute approximate surface area is 153 Å². The number of pyridine rings is 1. The average Bonchev–Trinajstić information content (AvgIpc) is 3.17. The fourth-order valence-electron chi connectivity index (χ4n) is 3.30. The number of nitrogens with zero attached hydrogens (tertiary/aromatic N) is 5. The maximum absolute atomic E-state index is 5.83. The highest BCUT2D eigenvalue weighted by atomic mass is 16.4. The van der Waals surface area contributed by atoms with Gasteiger partial charge in [-0.05, 0) is 31.2 Å². The maximum Gasteiger partial charge on any atom is 0.249 e. The Hall–Kier alpha value is -2.73. The molecular formula is C20H23N5O. The van der Waals surface area contributed by atoms with Crippen LogP contribution in [0, 0.1) is 6.92 Å². The van der Waals surface area contributed by atoms with Crippen molar-refractivity contribution in [3.63, 3.8) is 0 Å². The molecule has 1 saturated heterocycles. The second-order valence-corrected chi connectivity index (χ2v) is 6.55. The predicted molar refractivity (Wildman–Crippen MR) is 101 cm³/mol. The molecule has 1 aromatic carbocycles. The molecular weight excluding hydrogens is 326 g/mol. The van der Waals surface area contributed by atoms with Crippen LogP contribution in [0.4, 0.5) is 5.69 Å². The fourth-order valence-corrected chi connectivity index (χ4v) is 3.30. The van der Waals surface area contributed by atoms with Gasteiger partial charge in [-0.3, -0.25) is 9.88 Å². The highest BCUT2D eigenvalue weighted by Crippen LogP contribution is 2.20. The molecule has 4 rings (SSSR count). The summed E-state index contributed by atoms with van der Waals surface area (Å²) in [5.74, 6) is 1.24. The monoisotopic (exact) mass is 349 g/mol. The third-order valence-corrected chi connectivity index (χ3v) is 4.84. The highest BCUT2D eigenvalue weighted by molar-refractivity contribution is 5.55. The molecule has 2 aromatic heterocycles. The zero-order chi connectivity index (χ0) is 17.8. The van der Waals surface area contributed by atoms with Gasteiger partial charge >= 0.3 is 0 Å². The second kappa shape index (κ2) is 7.66. The Bertz CT molecular complexity index is 840. The first-order valence-electron chi connectivity index (χ1n) is 9.06. The first kappa shape index (κ1) is 16.7. The van der Waals surface area contributed by atoms with Crippen LogP contribution in [0.25, 0.3) is 11.5 Å². The van der Waals surface area contributed by atoms with Crippen molar-refractivity contribution in [3.8, 4) is 11.5 Å². The quantitative estimate of drug-likeness (QED) is 0.706. The summed E-state index contributed by atoms with van der Waals surface area (Å²) in [6, 6.07) is 14.5. The van der Waals surface area contributed by atoms with E-state index >= 15 is 0 Å². The van der Waals surface area contributed by atoms with Crippen LogP contribution in [-0.4, -0.2) is 52.8 Å². The summed E-state index contributed by atoms with van der Waals surface area (Å²) in [6.45, 7) is 7.10. The summed E-state index contributed by atoms with van der Waals surface area (Å²) in [6.07, 6.45) is 2.54. The van der Waals surface area contributed by atoms with Crippen molar-refractivity contribution in [1.29, 1.82) is 0 Å². The van der Waals surface area contributed by atoms with Gasteiger partial charge in [-0.2, -0.15) is 0 Å². The molecule has 1 fully saturated rings. The number of aromatic nitrogens is 3. The summed E-state index contributed by atoms with van der Waals surface area (Å²) >= 11 is 0. The van der Waals surface area contributed by atoms with Crippen LogP contribution in [0.2, 0.25) is 0 Å². The van der Waals surface area contributed by atoms with E-state index in [0.717, 1.165) is 50.4 Å². The van der Waals surface area contributed by atoms with Crippen molar-refractivity contribution in [1.82, 2.24) is 20.1 Å². The van der Waals surface area contributed by atoms with Crippen LogP contribution in [-0.2, 0) is 6.42 Å². The second-order valence-electron chi connectivity index (χ2n) is 6.55. The number of anilines is 1. The number of para-hydroxylation sites is 1. The largest absolute Gasteiger partial charge is 0.421 e. The lowest BCUT2D eigenvalue weighted by Crippen LogP contribution is -2.47. The van der Waals surface area contributed by atoms with E-state index in [2.05, 4.69) is 55.3 Å². The van der Waals surface area contributed by atoms with Crippen LogP contribution >= 0.6 is 0 Å². The zero-order valence-corrected chi connectivity index (χ0v) is 15.0. The number of rotatable bonds is 5. The Morgan fingerprint density at radius 1 is 0.962 bits per heavy atom. The van der Waals surface area contributed by atoms with E-state index < -0.39 is 0 Å². The molecule has 0 unspecified atom stereocenters. The molecule has 134 valence electrons. The normalized spacial score (nSPS) is 15.3. The van der Waals surface area contributed by atoms with Crippen molar-refractivity contribution in [2.75, 3.05) is 37.6 Å². The Morgan fingerprint density at radius 2 is 1.77 bits per heavy atom. The molecule has 0 aliphatic carbocycles. The van der Waals surface area contributed by atoms with Gasteiger partial charge in [-0.15, -0.1) is 10.2 Å². The van der Waals surface area contributed by atoms with Crippen molar-refractivity contribution in [3.05, 3.63) is 60.2 Å². The zero-order valence-electron chi connectivity index (χ0n) is 15.0. The Morgan fingerprint density at radius 3 is 2.54 bits per heavy atom. The van der Waals surface area contributed by atoms with E-state index in [1.165, 1.54) is 5.69 Å². The molecule has 0 bridgehead atoms. The van der Waals surface area contributed by atoms with Gasteiger partial charge in [0.2, 0.25) is 11.8 Å². The van der Waals surface area contributed by atoms with Gasteiger partial charge in [0.05, 0.1) is 5.56 Å². The van der Waals surface area contributed by atoms with Crippen molar-refractivity contribution >= 4 is 5.69 Å². The van der Waals surface area contributed by atoms with Crippen molar-refractivity contribution < 1.29 is 4.42 Å². The van der Waals surface area contributed by atoms with E-state index in [1.54, 1.807) is 6.20 Å². The molecule has 6 nitrogen and oxygen atoms in total. The van der Waals surface area contributed by atoms with Crippen LogP contribution in [0.1, 0.15) is 11.6 Å². The third kappa shape index (κ3) is 3.75. The topological polar surface area (TPSA) is 58.3 Å². The maximum atomic E-state index is 5.83.